The van der Waals surface area contributed by atoms with E-state index in [2.05, 4.69) is 41.5 Å². The van der Waals surface area contributed by atoms with Crippen molar-refractivity contribution < 1.29 is 159 Å². The van der Waals surface area contributed by atoms with Gasteiger partial charge in [-0.15, -0.1) is 0 Å². The molecule has 37 heteroatoms. The van der Waals surface area contributed by atoms with Crippen LogP contribution >= 0.6 is 0 Å². The van der Waals surface area contributed by atoms with E-state index in [1.54, 1.807) is 50.2 Å². The van der Waals surface area contributed by atoms with Crippen LogP contribution in [0, 0.1) is 46.4 Å². The van der Waals surface area contributed by atoms with Crippen LogP contribution in [0.1, 0.15) is 433 Å². The van der Waals surface area contributed by atoms with E-state index in [9.17, 15) is 92.8 Å². The molecule has 0 aliphatic carbocycles. The molecule has 141 heavy (non-hydrogen) atoms. The average Bonchev–Trinajstić information content (AvgIpc) is 0.825. The molecule has 802 valence electrons. The highest BCUT2D eigenvalue weighted by atomic mass is 16.6. The Morgan fingerprint density at radius 1 is 0.305 bits per heavy atom. The fourth-order valence-corrected chi connectivity index (χ4v) is 11.2. The Morgan fingerprint density at radius 3 is 0.766 bits per heavy atom. The van der Waals surface area contributed by atoms with Crippen LogP contribution in [-0.2, 0) is 38.4 Å². The molecule has 1 atom stereocenters. The van der Waals surface area contributed by atoms with Crippen LogP contribution < -0.4 is 5.73 Å². The van der Waals surface area contributed by atoms with Gasteiger partial charge in [0.15, 0.2) is 0 Å². The number of nitro groups is 2. The highest BCUT2D eigenvalue weighted by Gasteiger charge is 2.25. The van der Waals surface area contributed by atoms with Crippen molar-refractivity contribution in [3.63, 3.8) is 0 Å². The molecule has 0 aliphatic rings. The van der Waals surface area contributed by atoms with E-state index in [-0.39, 0.29) is 22.6 Å². The maximum atomic E-state index is 10.6. The monoisotopic (exact) mass is 2000 g/mol. The first-order valence-corrected chi connectivity index (χ1v) is 48.6. The number of hydrogen-bond donors (Lipinski definition) is 18. The Kier molecular flexibility index (Phi) is 97.8. The first-order chi connectivity index (χ1) is 66.3. The third-order valence-electron chi connectivity index (χ3n) is 19.9. The van der Waals surface area contributed by atoms with Crippen LogP contribution in [0.2, 0.25) is 0 Å². The molecule has 19 N–H and O–H groups in total. The Morgan fingerprint density at radius 2 is 0.567 bits per heavy atom. The van der Waals surface area contributed by atoms with E-state index >= 15 is 0 Å². The number of hydrogen-bond acceptors (Lipinski definition) is 22. The Labute approximate surface area is 831 Å². The molecular formula is C104H167N3O34. The van der Waals surface area contributed by atoms with Gasteiger partial charge in [0.05, 0.1) is 26.4 Å². The van der Waals surface area contributed by atoms with Crippen molar-refractivity contribution in [3.05, 3.63) is 162 Å². The van der Waals surface area contributed by atoms with E-state index < -0.39 is 133 Å². The standard InChI is InChI=1S/C13H26O2.C11H22O2.C10H20O2.2C8H7NO5.C8H8O2.C8H16O2.2C7H6O3.C7H14O2.2C6H12O2.C5H11NO2/c1-2-3-4-5-6-7-8-9-10-11-12-13(14)15;1-2-3-4-5-6-7-8-9-10-11(12)13;1-2-3-4-5-6-7-8-9-10(11)12;2*1-4-2-5(8(11)12)7(10)6(3-4)9(13)14;1-6-2-4-7(5-3-6)8(9)10;1-2-3-4-5-6-7-8(9)10;8-6-3-1-2-5(4-6)7(9)10;8-6-4-2-1-3-5(6)7(9)10;1-2-3-4-5-6-7(8)9;1-4-6(2,3)5(7)8;1-2-3-4-5-6(7)8;1-2-3-4(6)5(7)8/h2-12H2,1H3,(H,14,15);2-10H2,1H3,(H,12,13);2-9H2,1H3,(H,11,12);2*2-3,10H,1H3,(H,11,12);2-5H,1H3,(H,9,10);2-7H2,1H3,(H,9,10);2*1-4,8H,(H,9,10);2-6H2,1H3,(H,8,9);4H2,1-3H3,(H,7,8);2-5H2,1H3,(H,7,8);4H,2-3,6H2,1H3,(H,7,8). The molecule has 5 aromatic rings. The first kappa shape index (κ1) is 144. The SMILES string of the molecule is CCC(C)(C)C(=O)O.CCCC(N)C(=O)O.CCCCCC(=O)O.CCCCCCC(=O)O.CCCCCCCC(=O)O.CCCCCCCCCC(=O)O.CCCCCCCCCCC(=O)O.CCCCCCCCCCCCC(=O)O.Cc1cc(C(=O)O)c(O)c([N+](=O)[O-])c1.Cc1cc(C(=O)O)c(O)c([N+](=O)[O-])c1.Cc1ccc(C(=O)O)cc1.O=C(O)c1cccc(O)c1.O=C(O)c1ccccc1O. The van der Waals surface area contributed by atoms with Gasteiger partial charge in [0, 0.05) is 50.7 Å². The predicted molar refractivity (Wildman–Crippen MR) is 542 cm³/mol. The van der Waals surface area contributed by atoms with Crippen LogP contribution in [0.25, 0.3) is 0 Å². The second kappa shape index (κ2) is 96.1. The molecule has 0 aromatic heterocycles. The molecule has 0 spiro atoms. The summed E-state index contributed by atoms with van der Waals surface area (Å²) in [6.45, 7) is 25.1. The highest BCUT2D eigenvalue weighted by molar-refractivity contribution is 5.94. The van der Waals surface area contributed by atoms with Crippen LogP contribution in [0.15, 0.2) is 97.1 Å². The normalized spacial score (nSPS) is 10.0. The lowest BCUT2D eigenvalue weighted by Crippen LogP contribution is -2.29. The van der Waals surface area contributed by atoms with Gasteiger partial charge in [-0.1, -0.05) is 297 Å². The summed E-state index contributed by atoms with van der Waals surface area (Å²) in [6, 6.07) is 22.0. The van der Waals surface area contributed by atoms with Crippen LogP contribution in [0.5, 0.6) is 23.0 Å². The summed E-state index contributed by atoms with van der Waals surface area (Å²) in [6.07, 6.45) is 47.4. The molecule has 0 radical (unpaired) electrons. The summed E-state index contributed by atoms with van der Waals surface area (Å²) in [7, 11) is 0. The van der Waals surface area contributed by atoms with Crippen LogP contribution in [0.3, 0.4) is 0 Å². The number of aromatic carboxylic acids is 5. The van der Waals surface area contributed by atoms with Gasteiger partial charge >= 0.3 is 89.0 Å². The van der Waals surface area contributed by atoms with Crippen molar-refractivity contribution in [1.82, 2.24) is 0 Å². The quantitative estimate of drug-likeness (QED) is 0.00976. The van der Waals surface area contributed by atoms with E-state index in [0.29, 0.717) is 68.1 Å². The van der Waals surface area contributed by atoms with Gasteiger partial charge in [-0.3, -0.25) is 58.6 Å². The molecule has 0 fully saturated rings. The first-order valence-electron chi connectivity index (χ1n) is 48.6. The molecule has 0 amide bonds. The third kappa shape index (κ3) is 97.2. The number of aryl methyl sites for hydroxylation is 3. The van der Waals surface area contributed by atoms with E-state index in [1.807, 2.05) is 20.8 Å². The Bertz CT molecular complexity index is 4090. The molecule has 5 aromatic carbocycles. The molecular weight excluding hydrogens is 1840 g/mol. The number of para-hydroxylation sites is 1. The van der Waals surface area contributed by atoms with Crippen molar-refractivity contribution in [2.75, 3.05) is 0 Å². The topological polar surface area (TPSA) is 678 Å². The van der Waals surface area contributed by atoms with Gasteiger partial charge in [-0.05, 0) is 152 Å². The molecule has 0 bridgehead atoms. The van der Waals surface area contributed by atoms with E-state index in [0.717, 1.165) is 114 Å². The fourth-order valence-electron chi connectivity index (χ4n) is 11.2. The number of rotatable bonds is 55. The number of carbonyl (C=O) groups is 13. The predicted octanol–water partition coefficient (Wildman–Crippen LogP) is 25.5. The number of nitro benzene ring substituents is 2. The third-order valence-corrected chi connectivity index (χ3v) is 19.9. The summed E-state index contributed by atoms with van der Waals surface area (Å²) < 4.78 is 0. The molecule has 0 heterocycles. The number of carboxylic acid groups (broad SMARTS) is 13. The number of aliphatic carboxylic acids is 8. The Hall–Kier alpha value is -12.8. The molecule has 1 unspecified atom stereocenters. The average molecular weight is 2000 g/mol. The minimum absolute atomic E-state index is 0.0279. The number of nitrogens with zero attached hydrogens (tertiary/aromatic N) is 2. The minimum Gasteiger partial charge on any atom is -0.508 e. The van der Waals surface area contributed by atoms with Gasteiger partial charge in [0.2, 0.25) is 11.5 Å². The number of nitrogens with two attached hydrogens (primary N) is 1. The maximum absolute atomic E-state index is 10.6. The fraction of sp³-hybridized carbons (Fsp3) is 0.587. The lowest BCUT2D eigenvalue weighted by molar-refractivity contribution is -0.386. The zero-order chi connectivity index (χ0) is 110. The second-order valence-corrected chi connectivity index (χ2v) is 33.4. The zero-order valence-corrected chi connectivity index (χ0v) is 85.4. The Balaban J connectivity index is -0.000000228. The van der Waals surface area contributed by atoms with Crippen molar-refractivity contribution in [2.24, 2.45) is 11.1 Å². The molecule has 0 saturated carbocycles. The minimum atomic E-state index is -1.39. The molecule has 37 nitrogen and oxygen atoms in total. The largest absolute Gasteiger partial charge is 0.508 e. The summed E-state index contributed by atoms with van der Waals surface area (Å²) in [5.41, 5.74) is 4.73. The van der Waals surface area contributed by atoms with Crippen LogP contribution in [0.4, 0.5) is 11.4 Å². The molecule has 5 rings (SSSR count). The lowest BCUT2D eigenvalue weighted by Gasteiger charge is -2.14. The second-order valence-electron chi connectivity index (χ2n) is 33.4. The summed E-state index contributed by atoms with van der Waals surface area (Å²) in [5.74, 6) is -13.3. The summed E-state index contributed by atoms with van der Waals surface area (Å²) in [5, 5.41) is 166. The number of benzene rings is 5. The molecule has 0 saturated heterocycles. The number of phenols is 4. The summed E-state index contributed by atoms with van der Waals surface area (Å²) >= 11 is 0. The summed E-state index contributed by atoms with van der Waals surface area (Å²) in [4.78, 5) is 152. The van der Waals surface area contributed by atoms with Crippen molar-refractivity contribution in [1.29, 1.82) is 0 Å². The van der Waals surface area contributed by atoms with Crippen LogP contribution in [-0.4, -0.2) is 180 Å². The van der Waals surface area contributed by atoms with Crippen molar-refractivity contribution in [2.45, 2.75) is 391 Å². The van der Waals surface area contributed by atoms with Crippen molar-refractivity contribution >= 4 is 89.0 Å². The molecule has 0 aliphatic heterocycles. The smallest absolute Gasteiger partial charge is 0.339 e. The van der Waals surface area contributed by atoms with Gasteiger partial charge < -0.3 is 92.5 Å². The van der Waals surface area contributed by atoms with Gasteiger partial charge in [0.1, 0.15) is 34.2 Å². The highest BCUT2D eigenvalue weighted by Crippen LogP contribution is 2.33. The lowest BCUT2D eigenvalue weighted by atomic mass is 9.91. The number of unbranched alkanes of at least 4 members (excludes halogenated alkanes) is 31. The number of phenolic OH excluding ortho intramolecular Hbond substituents is 1. The van der Waals surface area contributed by atoms with E-state index in [4.69, 9.17) is 82.3 Å². The van der Waals surface area contributed by atoms with Gasteiger partial charge in [-0.25, -0.2) is 24.0 Å². The van der Waals surface area contributed by atoms with E-state index in [1.165, 1.54) is 210 Å². The zero-order valence-electron chi connectivity index (χ0n) is 85.4. The number of aromatic hydroxyl groups is 4. The van der Waals surface area contributed by atoms with Gasteiger partial charge in [0.25, 0.3) is 0 Å². The van der Waals surface area contributed by atoms with Crippen molar-refractivity contribution in [3.8, 4) is 23.0 Å². The maximum Gasteiger partial charge on any atom is 0.339 e. The van der Waals surface area contributed by atoms with Gasteiger partial charge in [-0.2, -0.15) is 0 Å². The number of carboxylic acids is 13.